The van der Waals surface area contributed by atoms with Crippen LogP contribution in [0, 0.1) is 0 Å². The molecular weight excluding hydrogens is 306 g/mol. The van der Waals surface area contributed by atoms with Crippen LogP contribution in [0.5, 0.6) is 5.75 Å². The predicted molar refractivity (Wildman–Crippen MR) is 90.9 cm³/mol. The Morgan fingerprint density at radius 1 is 1.25 bits per heavy atom. The minimum absolute atomic E-state index is 0.159. The highest BCUT2D eigenvalue weighted by atomic mass is 16.5. The third kappa shape index (κ3) is 3.07. The van der Waals surface area contributed by atoms with Gasteiger partial charge in [-0.2, -0.15) is 0 Å². The largest absolute Gasteiger partial charge is 0.508 e. The molecule has 1 saturated heterocycles. The maximum atomic E-state index is 13.0. The maximum Gasteiger partial charge on any atom is 0.329 e. The first-order valence-electron chi connectivity index (χ1n) is 8.20. The maximum absolute atomic E-state index is 13.0. The molecule has 0 aromatic heterocycles. The molecule has 0 radical (unpaired) electrons. The Labute approximate surface area is 140 Å². The van der Waals surface area contributed by atoms with Gasteiger partial charge >= 0.3 is 5.97 Å². The highest BCUT2D eigenvalue weighted by Crippen LogP contribution is 2.27. The Morgan fingerprint density at radius 3 is 2.79 bits per heavy atom. The van der Waals surface area contributed by atoms with Crippen LogP contribution in [0.3, 0.4) is 0 Å². The quantitative estimate of drug-likeness (QED) is 0.880. The Bertz CT molecular complexity index is 784. The molecule has 0 bridgehead atoms. The van der Waals surface area contributed by atoms with E-state index in [1.54, 1.807) is 49.1 Å². The smallest absolute Gasteiger partial charge is 0.329 e. The Kier molecular flexibility index (Phi) is 4.42. The molecule has 1 N–H and O–H groups in total. The number of nitrogens with zero attached hydrogens (tertiary/aromatic N) is 1. The molecule has 1 fully saturated rings. The number of likely N-dealkylation sites (tertiary alicyclic amines) is 1. The van der Waals surface area contributed by atoms with Gasteiger partial charge in [-0.3, -0.25) is 4.79 Å². The second-order valence-electron chi connectivity index (χ2n) is 6.35. The number of phenols is 1. The number of hydrogen-bond donors (Lipinski definition) is 1. The van der Waals surface area contributed by atoms with E-state index < -0.39 is 6.04 Å². The van der Waals surface area contributed by atoms with Gasteiger partial charge in [0.2, 0.25) is 0 Å². The molecule has 1 amide bonds. The highest BCUT2D eigenvalue weighted by molar-refractivity contribution is 6.08. The summed E-state index contributed by atoms with van der Waals surface area (Å²) in [6, 6.07) is 9.79. The molecule has 1 aliphatic heterocycles. The zero-order valence-electron chi connectivity index (χ0n) is 13.9. The highest BCUT2D eigenvalue weighted by Gasteiger charge is 2.36. The van der Waals surface area contributed by atoms with Crippen molar-refractivity contribution in [3.05, 3.63) is 42.0 Å². The van der Waals surface area contributed by atoms with Crippen LogP contribution in [-0.4, -0.2) is 40.6 Å². The molecule has 1 aliphatic rings. The van der Waals surface area contributed by atoms with Gasteiger partial charge in [-0.1, -0.05) is 12.1 Å². The lowest BCUT2D eigenvalue weighted by atomic mass is 10.0. The van der Waals surface area contributed by atoms with Crippen molar-refractivity contribution in [1.29, 1.82) is 0 Å². The van der Waals surface area contributed by atoms with E-state index in [0.29, 0.717) is 18.5 Å². The minimum Gasteiger partial charge on any atom is -0.508 e. The van der Waals surface area contributed by atoms with Crippen molar-refractivity contribution >= 4 is 22.6 Å². The number of amides is 1. The second-order valence-corrected chi connectivity index (χ2v) is 6.35. The van der Waals surface area contributed by atoms with Gasteiger partial charge in [0.1, 0.15) is 11.8 Å². The number of ether oxygens (including phenoxy) is 1. The van der Waals surface area contributed by atoms with Crippen LogP contribution < -0.4 is 0 Å². The number of fused-ring (bicyclic) bond motifs is 1. The number of rotatable bonds is 3. The van der Waals surface area contributed by atoms with E-state index >= 15 is 0 Å². The molecule has 5 nitrogen and oxygen atoms in total. The van der Waals surface area contributed by atoms with Crippen LogP contribution >= 0.6 is 0 Å². The third-order valence-corrected chi connectivity index (χ3v) is 4.23. The summed E-state index contributed by atoms with van der Waals surface area (Å²) in [6.07, 6.45) is 1.22. The second kappa shape index (κ2) is 6.51. The topological polar surface area (TPSA) is 66.8 Å². The van der Waals surface area contributed by atoms with Crippen LogP contribution in [0.1, 0.15) is 37.0 Å². The molecule has 3 rings (SSSR count). The summed E-state index contributed by atoms with van der Waals surface area (Å²) in [5.41, 5.74) is 0.539. The first-order valence-corrected chi connectivity index (χ1v) is 8.20. The summed E-state index contributed by atoms with van der Waals surface area (Å²) in [5, 5.41) is 11.2. The van der Waals surface area contributed by atoms with E-state index in [-0.39, 0.29) is 23.7 Å². The van der Waals surface area contributed by atoms with Gasteiger partial charge in [-0.25, -0.2) is 4.79 Å². The summed E-state index contributed by atoms with van der Waals surface area (Å²) >= 11 is 0. The van der Waals surface area contributed by atoms with Crippen molar-refractivity contribution in [2.75, 3.05) is 6.54 Å². The van der Waals surface area contributed by atoms with Crippen LogP contribution in [0.2, 0.25) is 0 Å². The summed E-state index contributed by atoms with van der Waals surface area (Å²) < 4.78 is 5.29. The number of esters is 1. The number of carbonyl (C=O) groups excluding carboxylic acids is 2. The minimum atomic E-state index is -0.521. The van der Waals surface area contributed by atoms with Crippen LogP contribution in [0.25, 0.3) is 10.8 Å². The lowest BCUT2D eigenvalue weighted by Crippen LogP contribution is -2.42. The van der Waals surface area contributed by atoms with Gasteiger partial charge < -0.3 is 14.7 Å². The molecule has 126 valence electrons. The normalized spacial score (nSPS) is 17.5. The molecule has 0 unspecified atom stereocenters. The summed E-state index contributed by atoms with van der Waals surface area (Å²) in [4.78, 5) is 26.9. The average Bonchev–Trinajstić information content (AvgIpc) is 3.02. The average molecular weight is 327 g/mol. The predicted octanol–water partition coefficient (Wildman–Crippen LogP) is 3.10. The molecule has 1 atom stereocenters. The molecule has 5 heteroatoms. The van der Waals surface area contributed by atoms with Crippen molar-refractivity contribution in [2.45, 2.75) is 38.8 Å². The number of carbonyl (C=O) groups is 2. The van der Waals surface area contributed by atoms with Crippen LogP contribution in [-0.2, 0) is 9.53 Å². The summed E-state index contributed by atoms with van der Waals surface area (Å²) in [6.45, 7) is 4.15. The zero-order valence-corrected chi connectivity index (χ0v) is 13.9. The molecule has 0 spiro atoms. The van der Waals surface area contributed by atoms with E-state index in [1.807, 2.05) is 6.07 Å². The third-order valence-electron chi connectivity index (χ3n) is 4.23. The fourth-order valence-corrected chi connectivity index (χ4v) is 3.18. The first-order chi connectivity index (χ1) is 11.5. The van der Waals surface area contributed by atoms with E-state index in [2.05, 4.69) is 0 Å². The first kappa shape index (κ1) is 16.3. The van der Waals surface area contributed by atoms with Gasteiger partial charge in [-0.15, -0.1) is 0 Å². The molecule has 1 heterocycles. The van der Waals surface area contributed by atoms with Crippen molar-refractivity contribution in [3.8, 4) is 5.75 Å². The standard InChI is InChI=1S/C19H21NO4/c1-12(2)24-19(23)17-7-4-10-20(17)18(22)16-6-3-5-13-11-14(21)8-9-15(13)16/h3,5-6,8-9,11-12,17,21H,4,7,10H2,1-2H3/t17-/m0/s1. The Hall–Kier alpha value is -2.56. The number of benzene rings is 2. The number of phenolic OH excluding ortho intramolecular Hbond substituents is 1. The van der Waals surface area contributed by atoms with E-state index in [9.17, 15) is 14.7 Å². The lowest BCUT2D eigenvalue weighted by molar-refractivity contribution is -0.151. The van der Waals surface area contributed by atoms with Gasteiger partial charge in [0.15, 0.2) is 0 Å². The SMILES string of the molecule is CC(C)OC(=O)[C@@H]1CCCN1C(=O)c1cccc2cc(O)ccc12. The van der Waals surface area contributed by atoms with Crippen LogP contribution in [0.4, 0.5) is 0 Å². The van der Waals surface area contributed by atoms with Crippen LogP contribution in [0.15, 0.2) is 36.4 Å². The van der Waals surface area contributed by atoms with Crippen molar-refractivity contribution in [2.24, 2.45) is 0 Å². The molecule has 0 saturated carbocycles. The molecule has 2 aromatic carbocycles. The van der Waals surface area contributed by atoms with Gasteiger partial charge in [0.05, 0.1) is 6.10 Å². The molecule has 2 aromatic rings. The zero-order chi connectivity index (χ0) is 17.3. The van der Waals surface area contributed by atoms with E-state index in [1.165, 1.54) is 0 Å². The van der Waals surface area contributed by atoms with E-state index in [0.717, 1.165) is 17.2 Å². The van der Waals surface area contributed by atoms with Crippen molar-refractivity contribution in [3.63, 3.8) is 0 Å². The van der Waals surface area contributed by atoms with Crippen molar-refractivity contribution < 1.29 is 19.4 Å². The molecule has 0 aliphatic carbocycles. The van der Waals surface area contributed by atoms with Gasteiger partial charge in [-0.05, 0) is 61.7 Å². The Balaban J connectivity index is 1.92. The van der Waals surface area contributed by atoms with Gasteiger partial charge in [0.25, 0.3) is 5.91 Å². The fraction of sp³-hybridized carbons (Fsp3) is 0.368. The van der Waals surface area contributed by atoms with E-state index in [4.69, 9.17) is 4.74 Å². The summed E-state index contributed by atoms with van der Waals surface area (Å²) in [7, 11) is 0. The number of aromatic hydroxyl groups is 1. The lowest BCUT2D eigenvalue weighted by Gasteiger charge is -2.24. The number of hydrogen-bond acceptors (Lipinski definition) is 4. The van der Waals surface area contributed by atoms with Gasteiger partial charge in [0, 0.05) is 12.1 Å². The Morgan fingerprint density at radius 2 is 2.04 bits per heavy atom. The summed E-state index contributed by atoms with van der Waals surface area (Å²) in [5.74, 6) is -0.352. The molecular formula is C19H21NO4. The van der Waals surface area contributed by atoms with Crippen molar-refractivity contribution in [1.82, 2.24) is 4.90 Å². The molecule has 24 heavy (non-hydrogen) atoms. The fourth-order valence-electron chi connectivity index (χ4n) is 3.18. The monoisotopic (exact) mass is 327 g/mol.